The summed E-state index contributed by atoms with van der Waals surface area (Å²) in [5.74, 6) is 0. The third-order valence-corrected chi connectivity index (χ3v) is 2.55. The molecule has 0 spiro atoms. The molecule has 3 N–H and O–H groups in total. The maximum atomic E-state index is 11.5. The number of ether oxygens (including phenoxy) is 1. The van der Waals surface area contributed by atoms with Gasteiger partial charge in [-0.25, -0.2) is 4.79 Å². The number of nitrogens with two attached hydrogens (primary N) is 1. The Balaban J connectivity index is 4.78. The quantitative estimate of drug-likeness (QED) is 0.747. The summed E-state index contributed by atoms with van der Waals surface area (Å²) in [4.78, 5) is 11.5. The van der Waals surface area contributed by atoms with Gasteiger partial charge in [0.1, 0.15) is 6.10 Å². The molecule has 1 amide bonds. The summed E-state index contributed by atoms with van der Waals surface area (Å²) in [5.41, 5.74) is 6.47. The molecule has 0 aromatic heterocycles. The van der Waals surface area contributed by atoms with E-state index in [-0.39, 0.29) is 12.1 Å². The van der Waals surface area contributed by atoms with Gasteiger partial charge in [0.2, 0.25) is 0 Å². The summed E-state index contributed by atoms with van der Waals surface area (Å²) < 4.78 is 5.24. The van der Waals surface area contributed by atoms with Gasteiger partial charge in [0, 0.05) is 17.1 Å². The van der Waals surface area contributed by atoms with E-state index in [0.717, 1.165) is 0 Å². The topological polar surface area (TPSA) is 64.3 Å². The number of halogens is 1. The van der Waals surface area contributed by atoms with Crippen LogP contribution >= 0.6 is 11.6 Å². The highest BCUT2D eigenvalue weighted by molar-refractivity contribution is 6.31. The van der Waals surface area contributed by atoms with Gasteiger partial charge in [-0.3, -0.25) is 0 Å². The molecule has 0 aromatic rings. The highest BCUT2D eigenvalue weighted by Crippen LogP contribution is 2.18. The molecule has 0 aliphatic heterocycles. The van der Waals surface area contributed by atoms with Crippen molar-refractivity contribution >= 4 is 17.7 Å². The maximum absolute atomic E-state index is 11.5. The van der Waals surface area contributed by atoms with Crippen molar-refractivity contribution in [3.63, 3.8) is 0 Å². The van der Waals surface area contributed by atoms with Crippen molar-refractivity contribution in [3.05, 3.63) is 23.3 Å². The van der Waals surface area contributed by atoms with E-state index in [1.165, 1.54) is 6.08 Å². The minimum absolute atomic E-state index is 0.00962. The first-order valence-electron chi connectivity index (χ1n) is 5.51. The van der Waals surface area contributed by atoms with E-state index in [1.54, 1.807) is 13.8 Å². The number of alkyl carbamates (subject to hydrolysis) is 1. The Morgan fingerprint density at radius 3 is 2.35 bits per heavy atom. The van der Waals surface area contributed by atoms with E-state index >= 15 is 0 Å². The Morgan fingerprint density at radius 1 is 1.47 bits per heavy atom. The SMILES string of the molecule is C=CC(Cl)=C(C)C(OC(=O)NC(C)C)C(C)N. The molecule has 4 nitrogen and oxygen atoms in total. The van der Waals surface area contributed by atoms with Crippen LogP contribution in [0.15, 0.2) is 23.3 Å². The smallest absolute Gasteiger partial charge is 0.407 e. The summed E-state index contributed by atoms with van der Waals surface area (Å²) in [6.07, 6.45) is 0.435. The molecule has 0 aliphatic rings. The van der Waals surface area contributed by atoms with Crippen molar-refractivity contribution in [2.24, 2.45) is 5.73 Å². The lowest BCUT2D eigenvalue weighted by Crippen LogP contribution is -2.41. The summed E-state index contributed by atoms with van der Waals surface area (Å²) in [6, 6.07) is -0.336. The fourth-order valence-corrected chi connectivity index (χ4v) is 1.38. The number of hydrogen-bond acceptors (Lipinski definition) is 3. The standard InChI is InChI=1S/C12H21ClN2O2/c1-6-10(13)8(4)11(9(5)14)17-12(16)15-7(2)3/h6-7,9,11H,1,14H2,2-5H3,(H,15,16). The van der Waals surface area contributed by atoms with E-state index in [9.17, 15) is 4.79 Å². The van der Waals surface area contributed by atoms with Crippen LogP contribution in [0.25, 0.3) is 0 Å². The minimum Gasteiger partial charge on any atom is -0.440 e. The first-order valence-corrected chi connectivity index (χ1v) is 5.88. The summed E-state index contributed by atoms with van der Waals surface area (Å²) >= 11 is 5.94. The van der Waals surface area contributed by atoms with Crippen LogP contribution in [0.1, 0.15) is 27.7 Å². The summed E-state index contributed by atoms with van der Waals surface area (Å²) in [7, 11) is 0. The molecule has 0 saturated carbocycles. The third-order valence-electron chi connectivity index (χ3n) is 2.10. The van der Waals surface area contributed by atoms with Crippen LogP contribution in [0, 0.1) is 0 Å². The van der Waals surface area contributed by atoms with Gasteiger partial charge in [-0.2, -0.15) is 0 Å². The molecule has 0 radical (unpaired) electrons. The zero-order valence-corrected chi connectivity index (χ0v) is 11.5. The molecule has 2 unspecified atom stereocenters. The van der Waals surface area contributed by atoms with Crippen LogP contribution in [0.5, 0.6) is 0 Å². The highest BCUT2D eigenvalue weighted by atomic mass is 35.5. The van der Waals surface area contributed by atoms with E-state index in [2.05, 4.69) is 11.9 Å². The second-order valence-corrected chi connectivity index (χ2v) is 4.63. The molecule has 0 aromatic carbocycles. The Morgan fingerprint density at radius 2 is 2.00 bits per heavy atom. The van der Waals surface area contributed by atoms with Crippen molar-refractivity contribution in [1.29, 1.82) is 0 Å². The summed E-state index contributed by atoms with van der Waals surface area (Å²) in [5, 5.41) is 3.08. The predicted molar refractivity (Wildman–Crippen MR) is 70.9 cm³/mol. The molecule has 0 heterocycles. The van der Waals surface area contributed by atoms with Crippen molar-refractivity contribution in [2.75, 3.05) is 0 Å². The molecule has 0 rings (SSSR count). The van der Waals surface area contributed by atoms with Gasteiger partial charge in [0.15, 0.2) is 0 Å². The van der Waals surface area contributed by atoms with Crippen LogP contribution in [0.2, 0.25) is 0 Å². The fraction of sp³-hybridized carbons (Fsp3) is 0.583. The second-order valence-electron chi connectivity index (χ2n) is 4.22. The number of allylic oxidation sites excluding steroid dienone is 2. The Bertz CT molecular complexity index is 312. The average molecular weight is 261 g/mol. The first-order chi connectivity index (χ1) is 7.79. The van der Waals surface area contributed by atoms with Gasteiger partial charge < -0.3 is 15.8 Å². The number of hydrogen-bond donors (Lipinski definition) is 2. The number of amides is 1. The van der Waals surface area contributed by atoms with Crippen LogP contribution in [-0.4, -0.2) is 24.3 Å². The minimum atomic E-state index is -0.556. The van der Waals surface area contributed by atoms with Crippen LogP contribution < -0.4 is 11.1 Å². The lowest BCUT2D eigenvalue weighted by molar-refractivity contribution is 0.102. The van der Waals surface area contributed by atoms with E-state index in [4.69, 9.17) is 22.1 Å². The van der Waals surface area contributed by atoms with E-state index in [0.29, 0.717) is 10.6 Å². The fourth-order valence-electron chi connectivity index (χ4n) is 1.27. The van der Waals surface area contributed by atoms with Gasteiger partial charge in [0.25, 0.3) is 0 Å². The van der Waals surface area contributed by atoms with Crippen molar-refractivity contribution in [2.45, 2.75) is 45.9 Å². The molecule has 17 heavy (non-hydrogen) atoms. The molecule has 0 fully saturated rings. The Hall–Kier alpha value is -1.00. The van der Waals surface area contributed by atoms with E-state index < -0.39 is 12.2 Å². The molecule has 0 saturated heterocycles. The van der Waals surface area contributed by atoms with Crippen molar-refractivity contribution < 1.29 is 9.53 Å². The van der Waals surface area contributed by atoms with Gasteiger partial charge in [-0.1, -0.05) is 24.3 Å². The van der Waals surface area contributed by atoms with Crippen molar-refractivity contribution in [3.8, 4) is 0 Å². The normalized spacial score (nSPS) is 15.9. The van der Waals surface area contributed by atoms with Gasteiger partial charge in [-0.05, 0) is 33.3 Å². The molecule has 5 heteroatoms. The van der Waals surface area contributed by atoms with Gasteiger partial charge in [-0.15, -0.1) is 0 Å². The Kier molecular flexibility index (Phi) is 6.92. The molecule has 98 valence electrons. The molecular formula is C12H21ClN2O2. The van der Waals surface area contributed by atoms with Gasteiger partial charge in [0.05, 0.1) is 0 Å². The lowest BCUT2D eigenvalue weighted by Gasteiger charge is -2.23. The predicted octanol–water partition coefficient (Wildman–Crippen LogP) is 2.54. The van der Waals surface area contributed by atoms with Crippen LogP contribution in [-0.2, 0) is 4.74 Å². The molecule has 0 aliphatic carbocycles. The highest BCUT2D eigenvalue weighted by Gasteiger charge is 2.22. The zero-order chi connectivity index (χ0) is 13.6. The lowest BCUT2D eigenvalue weighted by atomic mass is 10.1. The monoisotopic (exact) mass is 260 g/mol. The average Bonchev–Trinajstić information content (AvgIpc) is 2.22. The number of nitrogens with one attached hydrogen (secondary N) is 1. The Labute approximate surface area is 108 Å². The molecular weight excluding hydrogens is 240 g/mol. The molecule has 2 atom stereocenters. The number of carbonyl (C=O) groups excluding carboxylic acids is 1. The van der Waals surface area contributed by atoms with Crippen molar-refractivity contribution in [1.82, 2.24) is 5.32 Å². The third kappa shape index (κ3) is 5.75. The summed E-state index contributed by atoms with van der Waals surface area (Å²) in [6.45, 7) is 10.8. The largest absolute Gasteiger partial charge is 0.440 e. The number of carbonyl (C=O) groups is 1. The zero-order valence-electron chi connectivity index (χ0n) is 10.8. The van der Waals surface area contributed by atoms with Gasteiger partial charge >= 0.3 is 6.09 Å². The van der Waals surface area contributed by atoms with Crippen LogP contribution in [0.3, 0.4) is 0 Å². The first kappa shape index (κ1) is 16.0. The maximum Gasteiger partial charge on any atom is 0.407 e. The number of rotatable bonds is 5. The second kappa shape index (κ2) is 7.35. The molecule has 0 bridgehead atoms. The van der Waals surface area contributed by atoms with E-state index in [1.807, 2.05) is 13.8 Å². The van der Waals surface area contributed by atoms with Crippen LogP contribution in [0.4, 0.5) is 4.79 Å².